The first kappa shape index (κ1) is 23.7. The van der Waals surface area contributed by atoms with E-state index in [2.05, 4.69) is 50.9 Å². The Morgan fingerprint density at radius 3 is 2.63 bits per heavy atom. The van der Waals surface area contributed by atoms with Crippen molar-refractivity contribution in [3.05, 3.63) is 66.2 Å². The molecule has 160 valence electrons. The summed E-state index contributed by atoms with van der Waals surface area (Å²) in [5, 5.41) is 6.12. The summed E-state index contributed by atoms with van der Waals surface area (Å²) in [6.45, 7) is 4.40. The van der Waals surface area contributed by atoms with Gasteiger partial charge in [0, 0.05) is 38.8 Å². The number of hydrogen-bond donors (Lipinski definition) is 2. The number of guanidine groups is 1. The van der Waals surface area contributed by atoms with Crippen LogP contribution in [0.25, 0.3) is 5.57 Å². The van der Waals surface area contributed by atoms with Crippen LogP contribution in [0.1, 0.15) is 18.9 Å². The van der Waals surface area contributed by atoms with Gasteiger partial charge in [-0.2, -0.15) is 0 Å². The predicted molar refractivity (Wildman–Crippen MR) is 134 cm³/mol. The van der Waals surface area contributed by atoms with Crippen molar-refractivity contribution in [2.45, 2.75) is 13.3 Å². The van der Waals surface area contributed by atoms with E-state index in [1.165, 1.54) is 18.1 Å². The second kappa shape index (κ2) is 12.2. The van der Waals surface area contributed by atoms with Crippen LogP contribution in [0.5, 0.6) is 5.75 Å². The molecule has 1 aliphatic rings. The molecular formula is C23H29IN4O2. The molecule has 0 saturated heterocycles. The van der Waals surface area contributed by atoms with Gasteiger partial charge in [0.25, 0.3) is 0 Å². The second-order valence-corrected chi connectivity index (χ2v) is 6.82. The van der Waals surface area contributed by atoms with Crippen LogP contribution >= 0.6 is 24.0 Å². The number of nitrogens with one attached hydrogen (secondary N) is 2. The smallest absolute Gasteiger partial charge is 0.221 e. The predicted octanol–water partition coefficient (Wildman–Crippen LogP) is 4.01. The van der Waals surface area contributed by atoms with E-state index in [1.54, 1.807) is 7.05 Å². The first-order valence-electron chi connectivity index (χ1n) is 9.86. The molecule has 0 radical (unpaired) electrons. The standard InChI is InChI=1S/C23H28N4O2.HI/c1-18(28)26-21-9-6-10-22(17-21)29-16-13-25-23(24-2)27-14-11-20(12-15-27)19-7-4-3-5-8-19;/h3-11,17H,12-16H2,1-2H3,(H,24,25)(H,26,28);1H. The van der Waals surface area contributed by atoms with Crippen molar-refractivity contribution >= 4 is 47.1 Å². The van der Waals surface area contributed by atoms with Crippen molar-refractivity contribution in [1.29, 1.82) is 0 Å². The SMILES string of the molecule is CN=C(NCCOc1cccc(NC(C)=O)c1)N1CC=C(c2ccccc2)CC1.I. The van der Waals surface area contributed by atoms with Crippen LogP contribution in [0, 0.1) is 0 Å². The summed E-state index contributed by atoms with van der Waals surface area (Å²) in [5.41, 5.74) is 3.41. The Morgan fingerprint density at radius 1 is 1.17 bits per heavy atom. The molecule has 7 heteroatoms. The van der Waals surface area contributed by atoms with E-state index in [9.17, 15) is 4.79 Å². The zero-order valence-corrected chi connectivity index (χ0v) is 19.8. The number of hydrogen-bond acceptors (Lipinski definition) is 3. The highest BCUT2D eigenvalue weighted by Crippen LogP contribution is 2.22. The van der Waals surface area contributed by atoms with Crippen LogP contribution in [-0.2, 0) is 4.79 Å². The third-order valence-electron chi connectivity index (χ3n) is 4.67. The molecule has 0 aromatic heterocycles. The Bertz CT molecular complexity index is 884. The summed E-state index contributed by atoms with van der Waals surface area (Å²) in [6, 6.07) is 17.9. The molecule has 2 aromatic carbocycles. The monoisotopic (exact) mass is 520 g/mol. The molecule has 1 aliphatic heterocycles. The van der Waals surface area contributed by atoms with Crippen molar-refractivity contribution in [2.24, 2.45) is 4.99 Å². The van der Waals surface area contributed by atoms with Gasteiger partial charge >= 0.3 is 0 Å². The van der Waals surface area contributed by atoms with Crippen LogP contribution in [0.15, 0.2) is 65.7 Å². The van der Waals surface area contributed by atoms with Gasteiger partial charge < -0.3 is 20.3 Å². The second-order valence-electron chi connectivity index (χ2n) is 6.82. The Balaban J connectivity index is 0.00000320. The molecule has 0 unspecified atom stereocenters. The fourth-order valence-corrected chi connectivity index (χ4v) is 3.31. The van der Waals surface area contributed by atoms with Crippen LogP contribution in [-0.4, -0.2) is 50.1 Å². The maximum atomic E-state index is 11.2. The molecular weight excluding hydrogens is 491 g/mol. The highest BCUT2D eigenvalue weighted by molar-refractivity contribution is 14.0. The van der Waals surface area contributed by atoms with Crippen LogP contribution in [0.4, 0.5) is 5.69 Å². The first-order valence-corrected chi connectivity index (χ1v) is 9.86. The zero-order valence-electron chi connectivity index (χ0n) is 17.4. The minimum Gasteiger partial charge on any atom is -0.492 e. The average molecular weight is 520 g/mol. The molecule has 0 spiro atoms. The van der Waals surface area contributed by atoms with E-state index in [1.807, 2.05) is 30.3 Å². The molecule has 2 N–H and O–H groups in total. The van der Waals surface area contributed by atoms with Crippen molar-refractivity contribution in [1.82, 2.24) is 10.2 Å². The number of amides is 1. The molecule has 1 amide bonds. The largest absolute Gasteiger partial charge is 0.492 e. The van der Waals surface area contributed by atoms with E-state index < -0.39 is 0 Å². The first-order chi connectivity index (χ1) is 14.2. The molecule has 3 rings (SSSR count). The lowest BCUT2D eigenvalue weighted by molar-refractivity contribution is -0.114. The van der Waals surface area contributed by atoms with E-state index in [0.717, 1.165) is 36.9 Å². The van der Waals surface area contributed by atoms with Gasteiger partial charge in [-0.05, 0) is 29.7 Å². The van der Waals surface area contributed by atoms with Gasteiger partial charge in [-0.25, -0.2) is 0 Å². The van der Waals surface area contributed by atoms with Gasteiger partial charge in [0.05, 0.1) is 6.54 Å². The van der Waals surface area contributed by atoms with Crippen LogP contribution in [0.2, 0.25) is 0 Å². The molecule has 0 fully saturated rings. The number of halogens is 1. The minimum absolute atomic E-state index is 0. The van der Waals surface area contributed by atoms with Crippen LogP contribution < -0.4 is 15.4 Å². The molecule has 6 nitrogen and oxygen atoms in total. The third-order valence-corrected chi connectivity index (χ3v) is 4.67. The summed E-state index contributed by atoms with van der Waals surface area (Å²) in [7, 11) is 1.80. The highest BCUT2D eigenvalue weighted by atomic mass is 127. The quantitative estimate of drug-likeness (QED) is 0.262. The summed E-state index contributed by atoms with van der Waals surface area (Å²) in [5.74, 6) is 1.50. The molecule has 0 saturated carbocycles. The number of anilines is 1. The number of carbonyl (C=O) groups is 1. The lowest BCUT2D eigenvalue weighted by atomic mass is 10.00. The molecule has 0 aliphatic carbocycles. The number of ether oxygens (including phenoxy) is 1. The van der Waals surface area contributed by atoms with E-state index >= 15 is 0 Å². The van der Waals surface area contributed by atoms with Gasteiger partial charge in [0.15, 0.2) is 5.96 Å². The minimum atomic E-state index is -0.0985. The lowest BCUT2D eigenvalue weighted by Crippen LogP contribution is -2.44. The number of benzene rings is 2. The fraction of sp³-hybridized carbons (Fsp3) is 0.304. The maximum Gasteiger partial charge on any atom is 0.221 e. The number of aliphatic imine (C=N–C) groups is 1. The van der Waals surface area contributed by atoms with Crippen molar-refractivity contribution in [2.75, 3.05) is 38.6 Å². The zero-order chi connectivity index (χ0) is 20.5. The maximum absolute atomic E-state index is 11.2. The molecule has 30 heavy (non-hydrogen) atoms. The van der Waals surface area contributed by atoms with E-state index in [4.69, 9.17) is 4.74 Å². The normalized spacial score (nSPS) is 13.7. The Hall–Kier alpha value is -2.55. The van der Waals surface area contributed by atoms with Gasteiger partial charge in [0.2, 0.25) is 5.91 Å². The van der Waals surface area contributed by atoms with Gasteiger partial charge in [0.1, 0.15) is 12.4 Å². The highest BCUT2D eigenvalue weighted by Gasteiger charge is 2.15. The molecule has 1 heterocycles. The number of nitrogens with zero attached hydrogens (tertiary/aromatic N) is 2. The molecule has 2 aromatic rings. The lowest BCUT2D eigenvalue weighted by Gasteiger charge is -2.29. The number of rotatable bonds is 6. The van der Waals surface area contributed by atoms with Gasteiger partial charge in [-0.1, -0.05) is 42.5 Å². The molecule has 0 atom stereocenters. The van der Waals surface area contributed by atoms with Crippen molar-refractivity contribution < 1.29 is 9.53 Å². The summed E-state index contributed by atoms with van der Waals surface area (Å²) in [4.78, 5) is 17.8. The van der Waals surface area contributed by atoms with Gasteiger partial charge in [-0.15, -0.1) is 24.0 Å². The molecule has 0 bridgehead atoms. The Labute approximate surface area is 195 Å². The Kier molecular flexibility index (Phi) is 9.66. The van der Waals surface area contributed by atoms with E-state index in [0.29, 0.717) is 13.2 Å². The average Bonchev–Trinajstić information content (AvgIpc) is 2.74. The number of carbonyl (C=O) groups excluding carboxylic acids is 1. The van der Waals surface area contributed by atoms with E-state index in [-0.39, 0.29) is 29.9 Å². The summed E-state index contributed by atoms with van der Waals surface area (Å²) < 4.78 is 5.79. The van der Waals surface area contributed by atoms with Crippen molar-refractivity contribution in [3.8, 4) is 5.75 Å². The summed E-state index contributed by atoms with van der Waals surface area (Å²) >= 11 is 0. The topological polar surface area (TPSA) is 66.0 Å². The van der Waals surface area contributed by atoms with Gasteiger partial charge in [-0.3, -0.25) is 9.79 Å². The Morgan fingerprint density at radius 2 is 1.97 bits per heavy atom. The fourth-order valence-electron chi connectivity index (χ4n) is 3.31. The van der Waals surface area contributed by atoms with Crippen molar-refractivity contribution in [3.63, 3.8) is 0 Å². The van der Waals surface area contributed by atoms with Crippen LogP contribution in [0.3, 0.4) is 0 Å². The summed E-state index contributed by atoms with van der Waals surface area (Å²) in [6.07, 6.45) is 3.27. The third kappa shape index (κ3) is 7.05.